The summed E-state index contributed by atoms with van der Waals surface area (Å²) in [6.07, 6.45) is 0. The zero-order valence-electron chi connectivity index (χ0n) is 5.60. The first-order chi connectivity index (χ1) is 4.29. The second kappa shape index (κ2) is 5.93. The molecule has 0 atom stereocenters. The van der Waals surface area contributed by atoms with Crippen LogP contribution < -0.4 is 5.73 Å². The first-order valence-corrected chi connectivity index (χ1v) is 5.04. The molecule has 0 aromatic carbocycles. The predicted molar refractivity (Wildman–Crippen MR) is 43.7 cm³/mol. The van der Waals surface area contributed by atoms with Crippen LogP contribution in [-0.2, 0) is 9.23 Å². The summed E-state index contributed by atoms with van der Waals surface area (Å²) < 4.78 is 9.09. The molecule has 0 aliphatic rings. The van der Waals surface area contributed by atoms with Crippen molar-refractivity contribution in [3.63, 3.8) is 0 Å². The highest BCUT2D eigenvalue weighted by Gasteiger charge is 2.04. The topological polar surface area (TPSA) is 66.9 Å². The van der Waals surface area contributed by atoms with E-state index < -0.39 is 14.8 Å². The minimum atomic E-state index is -1.67. The molecule has 0 aliphatic heterocycles. The summed E-state index contributed by atoms with van der Waals surface area (Å²) in [6.45, 7) is 3.32. The molecule has 60 valence electrons. The molecule has 3 nitrogen and oxygen atoms in total. The molecule has 0 aromatic rings. The summed E-state index contributed by atoms with van der Waals surface area (Å²) in [4.78, 5) is 0. The van der Waals surface area contributed by atoms with Crippen LogP contribution in [0, 0.1) is 11.3 Å². The van der Waals surface area contributed by atoms with Crippen LogP contribution in [0.2, 0.25) is 0 Å². The summed E-state index contributed by atoms with van der Waals surface area (Å²) in [5.41, 5.74) is 4.52. The van der Waals surface area contributed by atoms with Crippen LogP contribution in [0.15, 0.2) is 0 Å². The van der Waals surface area contributed by atoms with Crippen molar-refractivity contribution in [1.82, 2.24) is 0 Å². The van der Waals surface area contributed by atoms with Crippen LogP contribution >= 0.6 is 21.4 Å². The molecule has 0 aliphatic carbocycles. The molecule has 0 aromatic heterocycles. The molecule has 0 bridgehead atoms. The van der Waals surface area contributed by atoms with E-state index in [1.54, 1.807) is 13.8 Å². The van der Waals surface area contributed by atoms with Crippen LogP contribution in [-0.4, -0.2) is 9.75 Å². The highest BCUT2D eigenvalue weighted by Crippen LogP contribution is 1.89. The molecule has 0 saturated carbocycles. The average molecular weight is 203 g/mol. The maximum atomic E-state index is 9.09. The van der Waals surface area contributed by atoms with E-state index >= 15 is 0 Å². The number of hydrogen-bond donors (Lipinski definition) is 1. The number of nitrogens with zero attached hydrogens (tertiary/aromatic N) is 1. The van der Waals surface area contributed by atoms with Gasteiger partial charge >= 0.3 is 0 Å². The summed E-state index contributed by atoms with van der Waals surface area (Å²) >= 11 is 0. The lowest BCUT2D eigenvalue weighted by Gasteiger charge is -2.02. The molecule has 0 amide bonds. The van der Waals surface area contributed by atoms with Gasteiger partial charge in [0.15, 0.2) is 0 Å². The standard InChI is InChI=1S/C4H8N2.Cl2OS/c1-4(2,6)3-5;1-4(2)3/h6H2,1-2H3;. The molecular weight excluding hydrogens is 195 g/mol. The summed E-state index contributed by atoms with van der Waals surface area (Å²) in [5, 5.41) is 8.03. The van der Waals surface area contributed by atoms with E-state index in [9.17, 15) is 0 Å². The third-order valence-corrected chi connectivity index (χ3v) is 0.288. The van der Waals surface area contributed by atoms with Gasteiger partial charge in [0, 0.05) is 21.4 Å². The van der Waals surface area contributed by atoms with Crippen molar-refractivity contribution in [3.8, 4) is 6.07 Å². The van der Waals surface area contributed by atoms with Gasteiger partial charge in [0.25, 0.3) is 0 Å². The highest BCUT2D eigenvalue weighted by atomic mass is 36.0. The van der Waals surface area contributed by atoms with E-state index in [-0.39, 0.29) is 0 Å². The maximum absolute atomic E-state index is 9.09. The first kappa shape index (κ1) is 12.8. The quantitative estimate of drug-likeness (QED) is 0.603. The second-order valence-corrected chi connectivity index (χ2v) is 4.54. The van der Waals surface area contributed by atoms with Crippen molar-refractivity contribution in [2.24, 2.45) is 5.73 Å². The third-order valence-electron chi connectivity index (χ3n) is 0.288. The number of nitriles is 1. The van der Waals surface area contributed by atoms with Crippen LogP contribution in [0.5, 0.6) is 0 Å². The van der Waals surface area contributed by atoms with Gasteiger partial charge in [-0.1, -0.05) is 0 Å². The van der Waals surface area contributed by atoms with Gasteiger partial charge in [0.05, 0.1) is 11.6 Å². The van der Waals surface area contributed by atoms with Gasteiger partial charge in [0.1, 0.15) is 0 Å². The van der Waals surface area contributed by atoms with E-state index in [2.05, 4.69) is 21.4 Å². The lowest BCUT2D eigenvalue weighted by Crippen LogP contribution is -2.28. The van der Waals surface area contributed by atoms with Gasteiger partial charge in [-0.15, -0.1) is 0 Å². The summed E-state index contributed by atoms with van der Waals surface area (Å²) in [5.74, 6) is 0. The Kier molecular flexibility index (Phi) is 7.60. The Morgan fingerprint density at radius 1 is 1.60 bits per heavy atom. The Morgan fingerprint density at radius 2 is 1.70 bits per heavy atom. The van der Waals surface area contributed by atoms with Crippen molar-refractivity contribution in [2.75, 3.05) is 0 Å². The molecule has 0 unspecified atom stereocenters. The van der Waals surface area contributed by atoms with Gasteiger partial charge < -0.3 is 5.73 Å². The normalized spacial score (nSPS) is 9.70. The molecular formula is C4H8Cl2N2OS. The fraction of sp³-hybridized carbons (Fsp3) is 0.750. The molecule has 0 rings (SSSR count). The van der Waals surface area contributed by atoms with Gasteiger partial charge in [-0.3, -0.25) is 0 Å². The number of hydrogen-bond acceptors (Lipinski definition) is 3. The number of rotatable bonds is 0. The first-order valence-electron chi connectivity index (χ1n) is 2.24. The smallest absolute Gasteiger partial charge is 0.211 e. The third kappa shape index (κ3) is 41.7. The van der Waals surface area contributed by atoms with Crippen LogP contribution in [0.4, 0.5) is 0 Å². The van der Waals surface area contributed by atoms with Crippen molar-refractivity contribution < 1.29 is 4.21 Å². The molecule has 6 heteroatoms. The minimum Gasteiger partial charge on any atom is -0.314 e. The minimum absolute atomic E-state index is 0.653. The lowest BCUT2D eigenvalue weighted by molar-refractivity contribution is 0.670. The fourth-order valence-electron chi connectivity index (χ4n) is 0. The Labute approximate surface area is 71.6 Å². The van der Waals surface area contributed by atoms with Crippen molar-refractivity contribution in [3.05, 3.63) is 0 Å². The van der Waals surface area contributed by atoms with Crippen molar-refractivity contribution >= 4 is 30.6 Å². The van der Waals surface area contributed by atoms with Crippen molar-refractivity contribution in [2.45, 2.75) is 19.4 Å². The molecule has 0 spiro atoms. The fourth-order valence-corrected chi connectivity index (χ4v) is 0. The highest BCUT2D eigenvalue weighted by molar-refractivity contribution is 8.26. The molecule has 0 saturated heterocycles. The maximum Gasteiger partial charge on any atom is 0.211 e. The predicted octanol–water partition coefficient (Wildman–Crippen LogP) is 1.29. The average Bonchev–Trinajstić information content (AvgIpc) is 1.63. The Hall–Kier alpha value is 0.180. The van der Waals surface area contributed by atoms with E-state index in [0.717, 1.165) is 0 Å². The van der Waals surface area contributed by atoms with E-state index in [1.807, 2.05) is 6.07 Å². The van der Waals surface area contributed by atoms with E-state index in [1.165, 1.54) is 0 Å². The van der Waals surface area contributed by atoms with Crippen LogP contribution in [0.3, 0.4) is 0 Å². The Bertz CT molecular complexity index is 144. The zero-order valence-corrected chi connectivity index (χ0v) is 7.93. The molecule has 10 heavy (non-hydrogen) atoms. The molecule has 2 N–H and O–H groups in total. The molecule has 0 radical (unpaired) electrons. The largest absolute Gasteiger partial charge is 0.314 e. The van der Waals surface area contributed by atoms with Crippen LogP contribution in [0.1, 0.15) is 13.8 Å². The van der Waals surface area contributed by atoms with Gasteiger partial charge in [-0.25, -0.2) is 4.21 Å². The van der Waals surface area contributed by atoms with E-state index in [4.69, 9.17) is 15.2 Å². The van der Waals surface area contributed by atoms with Crippen molar-refractivity contribution in [1.29, 1.82) is 5.26 Å². The lowest BCUT2D eigenvalue weighted by atomic mass is 10.1. The zero-order chi connectivity index (χ0) is 8.78. The number of nitrogens with two attached hydrogens (primary N) is 1. The monoisotopic (exact) mass is 202 g/mol. The molecule has 0 fully saturated rings. The number of halogens is 2. The summed E-state index contributed by atoms with van der Waals surface area (Å²) in [6, 6.07) is 1.88. The second-order valence-electron chi connectivity index (χ2n) is 2.02. The van der Waals surface area contributed by atoms with Crippen LogP contribution in [0.25, 0.3) is 0 Å². The van der Waals surface area contributed by atoms with Gasteiger partial charge in [-0.05, 0) is 13.8 Å². The van der Waals surface area contributed by atoms with E-state index in [0.29, 0.717) is 0 Å². The Balaban J connectivity index is 0. The molecule has 0 heterocycles. The SMILES string of the molecule is CC(C)(N)C#N.O=S(Cl)Cl. The summed E-state index contributed by atoms with van der Waals surface area (Å²) in [7, 11) is 7.36. The van der Waals surface area contributed by atoms with Gasteiger partial charge in [-0.2, -0.15) is 5.26 Å². The van der Waals surface area contributed by atoms with Gasteiger partial charge in [0.2, 0.25) is 9.23 Å². The Morgan fingerprint density at radius 3 is 1.70 bits per heavy atom.